The smallest absolute Gasteiger partial charge is 0.249 e. The second-order valence-electron chi connectivity index (χ2n) is 13.6. The summed E-state index contributed by atoms with van der Waals surface area (Å²) in [6, 6.07) is -1.16. The van der Waals surface area contributed by atoms with Crippen LogP contribution < -0.4 is 5.32 Å². The van der Waals surface area contributed by atoms with Gasteiger partial charge in [-0.05, 0) is 38.5 Å². The van der Waals surface area contributed by atoms with Gasteiger partial charge in [-0.15, -0.1) is 0 Å². The van der Waals surface area contributed by atoms with Crippen LogP contribution in [-0.4, -0.2) is 110 Å². The number of carbonyl (C=O) groups excluding carboxylic acids is 1. The maximum atomic E-state index is 12.8. The number of amides is 1. The van der Waals surface area contributed by atoms with Gasteiger partial charge in [0.25, 0.3) is 0 Å². The Hall–Kier alpha value is -1.41. The van der Waals surface area contributed by atoms with Crippen molar-refractivity contribution in [1.29, 1.82) is 0 Å². The zero-order chi connectivity index (χ0) is 36.3. The Kier molecular flexibility index (Phi) is 27.2. The lowest BCUT2D eigenvalue weighted by molar-refractivity contribution is -0.303. The van der Waals surface area contributed by atoms with Gasteiger partial charge in [-0.3, -0.25) is 4.79 Å². The van der Waals surface area contributed by atoms with E-state index in [0.29, 0.717) is 12.8 Å². The first kappa shape index (κ1) is 45.6. The summed E-state index contributed by atoms with van der Waals surface area (Å²) in [6.07, 6.45) is 18.2. The summed E-state index contributed by atoms with van der Waals surface area (Å²) in [5, 5.41) is 74.1. The SMILES string of the molecule is CC/C=C\C/C=C\CCCCCCCCCCCCCCCC(O)C(=O)NC(COC1OC(CO)C(O)C(O)C1O)C(O)C(O)CCCC. The van der Waals surface area contributed by atoms with Crippen molar-refractivity contribution in [2.45, 2.75) is 197 Å². The van der Waals surface area contributed by atoms with Crippen molar-refractivity contribution in [3.63, 3.8) is 0 Å². The van der Waals surface area contributed by atoms with E-state index in [-0.39, 0.29) is 12.8 Å². The van der Waals surface area contributed by atoms with Crippen LogP contribution in [0.15, 0.2) is 24.3 Å². The van der Waals surface area contributed by atoms with Gasteiger partial charge in [-0.2, -0.15) is 0 Å². The molecule has 0 aliphatic carbocycles. The van der Waals surface area contributed by atoms with Crippen molar-refractivity contribution >= 4 is 5.91 Å². The molecule has 1 heterocycles. The van der Waals surface area contributed by atoms with Crippen molar-refractivity contribution in [2.24, 2.45) is 0 Å². The molecule has 9 unspecified atom stereocenters. The fourth-order valence-electron chi connectivity index (χ4n) is 5.99. The lowest BCUT2D eigenvalue weighted by Gasteiger charge is -2.40. The second-order valence-corrected chi connectivity index (χ2v) is 13.6. The van der Waals surface area contributed by atoms with Crippen LogP contribution in [-0.2, 0) is 14.3 Å². The van der Waals surface area contributed by atoms with E-state index < -0.39 is 74.2 Å². The average Bonchev–Trinajstić information content (AvgIpc) is 3.10. The number of rotatable bonds is 30. The first-order valence-corrected chi connectivity index (χ1v) is 19.2. The fraction of sp³-hybridized carbons (Fsp3) is 0.868. The van der Waals surface area contributed by atoms with Crippen molar-refractivity contribution < 1.29 is 50.0 Å². The molecule has 0 aromatic heterocycles. The zero-order valence-corrected chi connectivity index (χ0v) is 30.4. The summed E-state index contributed by atoms with van der Waals surface area (Å²) in [5.41, 5.74) is 0. The maximum Gasteiger partial charge on any atom is 0.249 e. The molecule has 49 heavy (non-hydrogen) atoms. The molecule has 1 aliphatic rings. The van der Waals surface area contributed by atoms with Crippen LogP contribution >= 0.6 is 0 Å². The van der Waals surface area contributed by atoms with Crippen molar-refractivity contribution in [3.05, 3.63) is 24.3 Å². The molecule has 0 aromatic rings. The molecule has 1 saturated heterocycles. The van der Waals surface area contributed by atoms with Crippen LogP contribution in [0, 0.1) is 0 Å². The molecular formula is C38H71NO10. The van der Waals surface area contributed by atoms with Crippen molar-refractivity contribution in [2.75, 3.05) is 13.2 Å². The summed E-state index contributed by atoms with van der Waals surface area (Å²) >= 11 is 0. The van der Waals surface area contributed by atoms with Gasteiger partial charge in [0.05, 0.1) is 25.4 Å². The third-order valence-electron chi connectivity index (χ3n) is 9.27. The van der Waals surface area contributed by atoms with Crippen LogP contribution in [0.3, 0.4) is 0 Å². The number of nitrogens with one attached hydrogen (secondary N) is 1. The molecule has 8 N–H and O–H groups in total. The Labute approximate surface area is 295 Å². The lowest BCUT2D eigenvalue weighted by atomic mass is 9.99. The van der Waals surface area contributed by atoms with Gasteiger partial charge in [-0.1, -0.05) is 128 Å². The summed E-state index contributed by atoms with van der Waals surface area (Å²) in [7, 11) is 0. The number of hydrogen-bond acceptors (Lipinski definition) is 10. The molecule has 288 valence electrons. The highest BCUT2D eigenvalue weighted by Gasteiger charge is 2.44. The Morgan fingerprint density at radius 2 is 1.31 bits per heavy atom. The molecule has 11 nitrogen and oxygen atoms in total. The summed E-state index contributed by atoms with van der Waals surface area (Å²) in [4.78, 5) is 12.8. The monoisotopic (exact) mass is 702 g/mol. The number of aliphatic hydroxyl groups is 7. The summed E-state index contributed by atoms with van der Waals surface area (Å²) in [6.45, 7) is 3.03. The quantitative estimate of drug-likeness (QED) is 0.0396. The zero-order valence-electron chi connectivity index (χ0n) is 30.4. The average molecular weight is 702 g/mol. The van der Waals surface area contributed by atoms with Gasteiger partial charge < -0.3 is 50.5 Å². The largest absolute Gasteiger partial charge is 0.394 e. The van der Waals surface area contributed by atoms with E-state index in [0.717, 1.165) is 38.5 Å². The number of aliphatic hydroxyl groups excluding tert-OH is 7. The van der Waals surface area contributed by atoms with Gasteiger partial charge in [0, 0.05) is 0 Å². The molecule has 1 rings (SSSR count). The lowest BCUT2D eigenvalue weighted by Crippen LogP contribution is -2.60. The molecule has 1 fully saturated rings. The molecular weight excluding hydrogens is 630 g/mol. The van der Waals surface area contributed by atoms with Crippen molar-refractivity contribution in [1.82, 2.24) is 5.32 Å². The van der Waals surface area contributed by atoms with E-state index in [9.17, 15) is 40.5 Å². The number of carbonyl (C=O) groups is 1. The molecule has 1 amide bonds. The van der Waals surface area contributed by atoms with Crippen LogP contribution in [0.2, 0.25) is 0 Å². The van der Waals surface area contributed by atoms with Gasteiger partial charge in [0.2, 0.25) is 5.91 Å². The van der Waals surface area contributed by atoms with Crippen LogP contribution in [0.1, 0.15) is 142 Å². The Balaban J connectivity index is 2.27. The van der Waals surface area contributed by atoms with E-state index in [1.54, 1.807) is 0 Å². The Morgan fingerprint density at radius 3 is 1.88 bits per heavy atom. The minimum absolute atomic E-state index is 0.257. The topological polar surface area (TPSA) is 189 Å². The van der Waals surface area contributed by atoms with E-state index in [1.807, 2.05) is 6.92 Å². The highest BCUT2D eigenvalue weighted by atomic mass is 16.7. The molecule has 9 atom stereocenters. The Morgan fingerprint density at radius 1 is 0.735 bits per heavy atom. The highest BCUT2D eigenvalue weighted by Crippen LogP contribution is 2.23. The first-order valence-electron chi connectivity index (χ1n) is 19.2. The van der Waals surface area contributed by atoms with Gasteiger partial charge in [-0.25, -0.2) is 0 Å². The summed E-state index contributed by atoms with van der Waals surface area (Å²) in [5.74, 6) is -0.712. The number of allylic oxidation sites excluding steroid dienone is 4. The van der Waals surface area contributed by atoms with Gasteiger partial charge in [0.15, 0.2) is 6.29 Å². The number of ether oxygens (including phenoxy) is 2. The second kappa shape index (κ2) is 29.2. The van der Waals surface area contributed by atoms with Gasteiger partial charge >= 0.3 is 0 Å². The van der Waals surface area contributed by atoms with Crippen LogP contribution in [0.4, 0.5) is 0 Å². The summed E-state index contributed by atoms with van der Waals surface area (Å²) < 4.78 is 10.9. The molecule has 0 aromatic carbocycles. The third kappa shape index (κ3) is 20.3. The third-order valence-corrected chi connectivity index (χ3v) is 9.27. The molecule has 0 saturated carbocycles. The maximum absolute atomic E-state index is 12.8. The normalized spacial score (nSPS) is 24.0. The molecule has 0 radical (unpaired) electrons. The van der Waals surface area contributed by atoms with E-state index in [2.05, 4.69) is 36.5 Å². The number of hydrogen-bond donors (Lipinski definition) is 8. The fourth-order valence-corrected chi connectivity index (χ4v) is 5.99. The predicted octanol–water partition coefficient (Wildman–Crippen LogP) is 4.32. The number of unbranched alkanes of at least 4 members (excludes halogenated alkanes) is 14. The molecule has 11 heteroatoms. The first-order chi connectivity index (χ1) is 23.7. The molecule has 0 bridgehead atoms. The van der Waals surface area contributed by atoms with E-state index >= 15 is 0 Å². The molecule has 0 spiro atoms. The van der Waals surface area contributed by atoms with E-state index in [4.69, 9.17) is 9.47 Å². The Bertz CT molecular complexity index is 856. The predicted molar refractivity (Wildman–Crippen MR) is 192 cm³/mol. The highest BCUT2D eigenvalue weighted by molar-refractivity contribution is 5.80. The van der Waals surface area contributed by atoms with Crippen molar-refractivity contribution in [3.8, 4) is 0 Å². The minimum Gasteiger partial charge on any atom is -0.394 e. The van der Waals surface area contributed by atoms with E-state index in [1.165, 1.54) is 64.2 Å². The standard InChI is InChI=1S/C38H71NO10/c1-3-5-7-8-9-10-11-12-13-14-15-16-17-18-19-20-21-22-23-24-26-31(42)37(47)39-29(33(43)30(41)25-6-4-2)28-48-38-36(46)35(45)34(44)32(27-40)49-38/h5,7,9-10,29-36,38,40-46H,3-4,6,8,11-28H2,1-2H3,(H,39,47)/b7-5-,10-9-. The minimum atomic E-state index is -1.65. The van der Waals surface area contributed by atoms with Gasteiger partial charge in [0.1, 0.15) is 36.6 Å². The molecule has 1 aliphatic heterocycles. The van der Waals surface area contributed by atoms with Crippen LogP contribution in [0.5, 0.6) is 0 Å². The van der Waals surface area contributed by atoms with Crippen LogP contribution in [0.25, 0.3) is 0 Å².